The van der Waals surface area contributed by atoms with Crippen LogP contribution in [0.15, 0.2) is 29.4 Å². The van der Waals surface area contributed by atoms with E-state index in [0.717, 1.165) is 5.16 Å². The van der Waals surface area contributed by atoms with Crippen LogP contribution in [0.4, 0.5) is 0 Å². The van der Waals surface area contributed by atoms with Gasteiger partial charge >= 0.3 is 0 Å². The predicted octanol–water partition coefficient (Wildman–Crippen LogP) is 2.50. The molecule has 1 aliphatic rings. The van der Waals surface area contributed by atoms with Gasteiger partial charge in [-0.3, -0.25) is 0 Å². The average Bonchev–Trinajstić information content (AvgIpc) is 3.16. The highest BCUT2D eigenvalue weighted by atomic mass is 32.2. The van der Waals surface area contributed by atoms with Crippen molar-refractivity contribution >= 4 is 11.8 Å². The number of nitrogens with zero attached hydrogens (tertiary/aromatic N) is 4. The van der Waals surface area contributed by atoms with Gasteiger partial charge in [0.1, 0.15) is 0 Å². The molecule has 106 valence electrons. The van der Waals surface area contributed by atoms with E-state index in [2.05, 4.69) is 46.7 Å². The highest BCUT2D eigenvalue weighted by Crippen LogP contribution is 2.41. The second kappa shape index (κ2) is 5.54. The topological polar surface area (TPSA) is 69.6 Å². The average molecular weight is 289 g/mol. The van der Waals surface area contributed by atoms with E-state index in [0.29, 0.717) is 6.04 Å². The summed E-state index contributed by atoms with van der Waals surface area (Å²) in [4.78, 5) is 0. The second-order valence-electron chi connectivity index (χ2n) is 5.39. The van der Waals surface area contributed by atoms with Crippen LogP contribution in [0.5, 0.6) is 0 Å². The van der Waals surface area contributed by atoms with Gasteiger partial charge in [0.2, 0.25) is 5.16 Å². The number of nitrogens with two attached hydrogens (primary N) is 1. The summed E-state index contributed by atoms with van der Waals surface area (Å²) in [6, 6.07) is 8.89. The van der Waals surface area contributed by atoms with Crippen LogP contribution in [0.25, 0.3) is 0 Å². The number of aryl methyl sites for hydroxylation is 1. The van der Waals surface area contributed by atoms with Gasteiger partial charge in [0.25, 0.3) is 0 Å². The molecule has 0 amide bonds. The fourth-order valence-corrected chi connectivity index (χ4v) is 3.50. The summed E-state index contributed by atoms with van der Waals surface area (Å²) < 4.78 is 1.94. The number of tetrazole rings is 1. The fourth-order valence-electron chi connectivity index (χ4n) is 2.28. The summed E-state index contributed by atoms with van der Waals surface area (Å²) in [5, 5.41) is 13.1. The molecule has 1 aliphatic carbocycles. The summed E-state index contributed by atoms with van der Waals surface area (Å²) in [7, 11) is 0. The molecule has 1 aromatic heterocycles. The molecule has 3 rings (SSSR count). The van der Waals surface area contributed by atoms with E-state index >= 15 is 0 Å². The summed E-state index contributed by atoms with van der Waals surface area (Å²) in [6.45, 7) is 4.16. The molecule has 1 fully saturated rings. The van der Waals surface area contributed by atoms with Crippen LogP contribution < -0.4 is 5.73 Å². The maximum atomic E-state index is 6.20. The summed E-state index contributed by atoms with van der Waals surface area (Å²) in [5.74, 6) is 0. The smallest absolute Gasteiger partial charge is 0.210 e. The first-order chi connectivity index (χ1) is 9.66. The van der Waals surface area contributed by atoms with Gasteiger partial charge in [0.15, 0.2) is 0 Å². The number of hydrogen-bond donors (Lipinski definition) is 1. The summed E-state index contributed by atoms with van der Waals surface area (Å²) in [6.07, 6.45) is 2.34. The van der Waals surface area contributed by atoms with Crippen LogP contribution in [0.3, 0.4) is 0 Å². The van der Waals surface area contributed by atoms with E-state index in [4.69, 9.17) is 5.73 Å². The molecule has 2 N–H and O–H groups in total. The SMILES string of the molecule is Cc1ccccc1C(Sc1nnnn1C1CC1)C(C)N. The van der Waals surface area contributed by atoms with Gasteiger partial charge in [-0.25, -0.2) is 4.68 Å². The molecular formula is C14H19N5S. The van der Waals surface area contributed by atoms with Crippen LogP contribution in [0.2, 0.25) is 0 Å². The lowest BCUT2D eigenvalue weighted by Crippen LogP contribution is -2.23. The van der Waals surface area contributed by atoms with Gasteiger partial charge in [0.05, 0.1) is 11.3 Å². The third-order valence-corrected chi connectivity index (χ3v) is 4.98. The van der Waals surface area contributed by atoms with E-state index in [1.54, 1.807) is 11.8 Å². The lowest BCUT2D eigenvalue weighted by molar-refractivity contribution is 0.563. The van der Waals surface area contributed by atoms with Crippen LogP contribution in [-0.2, 0) is 0 Å². The molecule has 0 spiro atoms. The molecule has 2 unspecified atom stereocenters. The van der Waals surface area contributed by atoms with Crippen molar-refractivity contribution < 1.29 is 0 Å². The van der Waals surface area contributed by atoms with Gasteiger partial charge in [-0.2, -0.15) is 0 Å². The molecule has 20 heavy (non-hydrogen) atoms. The van der Waals surface area contributed by atoms with Crippen LogP contribution in [0, 0.1) is 6.92 Å². The Balaban J connectivity index is 1.88. The molecule has 1 saturated carbocycles. The van der Waals surface area contributed by atoms with E-state index in [1.165, 1.54) is 24.0 Å². The third-order valence-electron chi connectivity index (χ3n) is 3.56. The Morgan fingerprint density at radius 3 is 2.75 bits per heavy atom. The molecule has 5 nitrogen and oxygen atoms in total. The minimum absolute atomic E-state index is 0.0328. The molecule has 1 aromatic carbocycles. The molecule has 0 aliphatic heterocycles. The van der Waals surface area contributed by atoms with Crippen molar-refractivity contribution in [2.75, 3.05) is 0 Å². The Kier molecular flexibility index (Phi) is 3.76. The van der Waals surface area contributed by atoms with E-state index in [-0.39, 0.29) is 11.3 Å². The first kappa shape index (κ1) is 13.6. The van der Waals surface area contributed by atoms with Gasteiger partial charge < -0.3 is 5.73 Å². The van der Waals surface area contributed by atoms with Gasteiger partial charge in [-0.1, -0.05) is 36.0 Å². The number of rotatable bonds is 5. The maximum Gasteiger partial charge on any atom is 0.210 e. The third kappa shape index (κ3) is 2.71. The van der Waals surface area contributed by atoms with E-state index < -0.39 is 0 Å². The summed E-state index contributed by atoms with van der Waals surface area (Å²) >= 11 is 1.67. The predicted molar refractivity (Wildman–Crippen MR) is 79.5 cm³/mol. The number of hydrogen-bond acceptors (Lipinski definition) is 5. The Morgan fingerprint density at radius 1 is 1.35 bits per heavy atom. The normalized spacial score (nSPS) is 17.9. The molecule has 0 saturated heterocycles. The molecular weight excluding hydrogens is 270 g/mol. The van der Waals surface area contributed by atoms with E-state index in [1.807, 2.05) is 11.6 Å². The van der Waals surface area contributed by atoms with Gasteiger partial charge in [-0.15, -0.1) is 5.10 Å². The van der Waals surface area contributed by atoms with Crippen molar-refractivity contribution in [3.63, 3.8) is 0 Å². The first-order valence-corrected chi connectivity index (χ1v) is 7.80. The van der Waals surface area contributed by atoms with Crippen molar-refractivity contribution in [2.24, 2.45) is 5.73 Å². The lowest BCUT2D eigenvalue weighted by Gasteiger charge is -2.21. The monoisotopic (exact) mass is 289 g/mol. The Bertz CT molecular complexity index is 591. The first-order valence-electron chi connectivity index (χ1n) is 6.92. The zero-order chi connectivity index (χ0) is 14.1. The minimum atomic E-state index is 0.0328. The highest BCUT2D eigenvalue weighted by molar-refractivity contribution is 7.99. The zero-order valence-corrected chi connectivity index (χ0v) is 12.5. The molecule has 2 aromatic rings. The van der Waals surface area contributed by atoms with Crippen molar-refractivity contribution in [3.05, 3.63) is 35.4 Å². The summed E-state index contributed by atoms with van der Waals surface area (Å²) in [5.41, 5.74) is 8.72. The largest absolute Gasteiger partial charge is 0.327 e. The molecule has 1 heterocycles. The molecule has 0 radical (unpaired) electrons. The van der Waals surface area contributed by atoms with E-state index in [9.17, 15) is 0 Å². The van der Waals surface area contributed by atoms with Crippen molar-refractivity contribution in [2.45, 2.75) is 49.2 Å². The van der Waals surface area contributed by atoms with Crippen molar-refractivity contribution in [3.8, 4) is 0 Å². The van der Waals surface area contributed by atoms with Gasteiger partial charge in [0, 0.05) is 6.04 Å². The minimum Gasteiger partial charge on any atom is -0.327 e. The highest BCUT2D eigenvalue weighted by Gasteiger charge is 2.30. The standard InChI is InChI=1S/C14H19N5S/c1-9-5-3-4-6-12(9)13(10(2)15)20-14-16-17-18-19(14)11-7-8-11/h3-6,10-11,13H,7-8,15H2,1-2H3. The van der Waals surface area contributed by atoms with Crippen molar-refractivity contribution in [1.29, 1.82) is 0 Å². The molecule has 6 heteroatoms. The van der Waals surface area contributed by atoms with Crippen LogP contribution >= 0.6 is 11.8 Å². The fraction of sp³-hybridized carbons (Fsp3) is 0.500. The molecule has 0 bridgehead atoms. The second-order valence-corrected chi connectivity index (χ2v) is 6.50. The number of aromatic nitrogens is 4. The lowest BCUT2D eigenvalue weighted by atomic mass is 10.0. The Morgan fingerprint density at radius 2 is 2.10 bits per heavy atom. The number of thioether (sulfide) groups is 1. The maximum absolute atomic E-state index is 6.20. The number of benzene rings is 1. The quantitative estimate of drug-likeness (QED) is 0.856. The van der Waals surface area contributed by atoms with Crippen LogP contribution in [0.1, 0.15) is 42.2 Å². The Labute approximate surface area is 122 Å². The van der Waals surface area contributed by atoms with Crippen molar-refractivity contribution in [1.82, 2.24) is 20.2 Å². The Hall–Kier alpha value is -1.40. The van der Waals surface area contributed by atoms with Crippen LogP contribution in [-0.4, -0.2) is 26.2 Å². The van der Waals surface area contributed by atoms with Gasteiger partial charge in [-0.05, 0) is 48.2 Å². The zero-order valence-electron chi connectivity index (χ0n) is 11.7. The molecule has 2 atom stereocenters.